The van der Waals surface area contributed by atoms with Crippen LogP contribution in [0.5, 0.6) is 0 Å². The number of halogens is 2. The molecule has 1 unspecified atom stereocenters. The molecule has 1 amide bonds. The summed E-state index contributed by atoms with van der Waals surface area (Å²) in [5.74, 6) is -0.341. The van der Waals surface area contributed by atoms with Crippen molar-refractivity contribution in [2.75, 3.05) is 11.4 Å². The van der Waals surface area contributed by atoms with Crippen molar-refractivity contribution in [3.8, 4) is 0 Å². The molecule has 1 aromatic heterocycles. The lowest BCUT2D eigenvalue weighted by atomic mass is 10.2. The van der Waals surface area contributed by atoms with Gasteiger partial charge in [-0.05, 0) is 24.6 Å². The molecule has 3 rings (SSSR count). The van der Waals surface area contributed by atoms with E-state index in [-0.39, 0.29) is 11.9 Å². The summed E-state index contributed by atoms with van der Waals surface area (Å²) in [6.07, 6.45) is 0.965. The van der Waals surface area contributed by atoms with Gasteiger partial charge in [-0.15, -0.1) is 5.10 Å². The highest BCUT2D eigenvalue weighted by Crippen LogP contribution is 2.24. The summed E-state index contributed by atoms with van der Waals surface area (Å²) in [6, 6.07) is 4.70. The molecule has 1 aliphatic rings. The lowest BCUT2D eigenvalue weighted by molar-refractivity contribution is 0.129. The van der Waals surface area contributed by atoms with Gasteiger partial charge in [-0.2, -0.15) is 0 Å². The van der Waals surface area contributed by atoms with Gasteiger partial charge in [0.25, 0.3) is 0 Å². The summed E-state index contributed by atoms with van der Waals surface area (Å²) in [4.78, 5) is 13.4. The van der Waals surface area contributed by atoms with Crippen LogP contribution in [0.15, 0.2) is 24.4 Å². The summed E-state index contributed by atoms with van der Waals surface area (Å²) in [6.45, 7) is 6.44. The molecule has 1 aliphatic heterocycles. The van der Waals surface area contributed by atoms with E-state index < -0.39 is 6.09 Å². The van der Waals surface area contributed by atoms with Gasteiger partial charge in [-0.25, -0.2) is 13.9 Å². The van der Waals surface area contributed by atoms with Crippen LogP contribution in [-0.2, 0) is 16.6 Å². The molecule has 2 aromatic rings. The molecule has 1 aromatic carbocycles. The number of hydrogen-bond donors (Lipinski definition) is 0. The minimum atomic E-state index is -0.478. The summed E-state index contributed by atoms with van der Waals surface area (Å²) >= 11 is 3.30. The van der Waals surface area contributed by atoms with Crippen molar-refractivity contribution in [1.82, 2.24) is 15.0 Å². The number of nitrogens with zero attached hydrogens (tertiary/aromatic N) is 4. The second-order valence-electron chi connectivity index (χ2n) is 5.12. The Kier molecular flexibility index (Phi) is 6.30. The molecule has 130 valence electrons. The SMILES string of the molecule is CC.Cc1ccc(N2CC(Cn3cc(CBr)nn3)OC2=O)cc1F. The van der Waals surface area contributed by atoms with E-state index in [0.29, 0.717) is 29.7 Å². The third-order valence-corrected chi connectivity index (χ3v) is 4.03. The van der Waals surface area contributed by atoms with Crippen LogP contribution < -0.4 is 4.90 Å². The van der Waals surface area contributed by atoms with Crippen molar-refractivity contribution >= 4 is 27.7 Å². The first-order valence-corrected chi connectivity index (χ1v) is 8.88. The van der Waals surface area contributed by atoms with E-state index in [1.165, 1.54) is 11.0 Å². The number of anilines is 1. The van der Waals surface area contributed by atoms with Gasteiger partial charge in [-0.3, -0.25) is 4.90 Å². The van der Waals surface area contributed by atoms with Gasteiger partial charge in [0.1, 0.15) is 11.9 Å². The number of aryl methyl sites for hydroxylation is 1. The van der Waals surface area contributed by atoms with E-state index in [1.54, 1.807) is 29.9 Å². The lowest BCUT2D eigenvalue weighted by Crippen LogP contribution is -2.26. The molecule has 8 heteroatoms. The fourth-order valence-corrected chi connectivity index (χ4v) is 2.53. The van der Waals surface area contributed by atoms with Gasteiger partial charge in [0.15, 0.2) is 0 Å². The number of ether oxygens (including phenoxy) is 1. The van der Waals surface area contributed by atoms with Gasteiger partial charge in [0.05, 0.1) is 24.5 Å². The number of rotatable bonds is 4. The maximum Gasteiger partial charge on any atom is 0.414 e. The monoisotopic (exact) mass is 398 g/mol. The first kappa shape index (κ1) is 18.4. The van der Waals surface area contributed by atoms with E-state index >= 15 is 0 Å². The molecule has 0 aliphatic carbocycles. The fraction of sp³-hybridized carbons (Fsp3) is 0.438. The van der Waals surface area contributed by atoms with Gasteiger partial charge in [0, 0.05) is 11.5 Å². The first-order valence-electron chi connectivity index (χ1n) is 7.76. The first-order chi connectivity index (χ1) is 11.6. The Bertz CT molecular complexity index is 707. The molecular formula is C16H20BrFN4O2. The lowest BCUT2D eigenvalue weighted by Gasteiger charge is -2.13. The Labute approximate surface area is 148 Å². The molecule has 24 heavy (non-hydrogen) atoms. The number of carbonyl (C=O) groups is 1. The van der Waals surface area contributed by atoms with Crippen molar-refractivity contribution in [3.05, 3.63) is 41.5 Å². The van der Waals surface area contributed by atoms with Crippen molar-refractivity contribution in [2.24, 2.45) is 0 Å². The van der Waals surface area contributed by atoms with E-state index in [0.717, 1.165) is 5.69 Å². The number of alkyl halides is 1. The molecule has 0 radical (unpaired) electrons. The molecule has 0 saturated carbocycles. The van der Waals surface area contributed by atoms with Crippen LogP contribution in [0.4, 0.5) is 14.9 Å². The highest BCUT2D eigenvalue weighted by atomic mass is 79.9. The zero-order valence-electron chi connectivity index (χ0n) is 13.9. The number of cyclic esters (lactones) is 1. The Morgan fingerprint density at radius 1 is 1.42 bits per heavy atom. The van der Waals surface area contributed by atoms with Crippen LogP contribution in [0.25, 0.3) is 0 Å². The largest absolute Gasteiger partial charge is 0.442 e. The quantitative estimate of drug-likeness (QED) is 0.737. The summed E-state index contributed by atoms with van der Waals surface area (Å²) in [7, 11) is 0. The number of benzene rings is 1. The molecule has 0 N–H and O–H groups in total. The standard InChI is InChI=1S/C14H14BrFN4O2.C2H6/c1-9-2-3-11(4-13(9)16)20-8-12(22-14(20)21)7-19-6-10(5-15)17-18-19;1-2/h2-4,6,12H,5,7-8H2,1H3;1-2H3. The van der Waals surface area contributed by atoms with Crippen LogP contribution in [0.1, 0.15) is 25.1 Å². The zero-order valence-corrected chi connectivity index (χ0v) is 15.5. The van der Waals surface area contributed by atoms with Gasteiger partial charge in [0.2, 0.25) is 0 Å². The van der Waals surface area contributed by atoms with Crippen LogP contribution >= 0.6 is 15.9 Å². The minimum Gasteiger partial charge on any atom is -0.442 e. The van der Waals surface area contributed by atoms with Gasteiger partial charge in [-0.1, -0.05) is 41.1 Å². The Balaban J connectivity index is 0.00000100. The Morgan fingerprint density at radius 2 is 2.17 bits per heavy atom. The topological polar surface area (TPSA) is 60.3 Å². The number of aromatic nitrogens is 3. The van der Waals surface area contributed by atoms with E-state index in [9.17, 15) is 9.18 Å². The number of amides is 1. The van der Waals surface area contributed by atoms with Crippen molar-refractivity contribution < 1.29 is 13.9 Å². The Hall–Kier alpha value is -1.96. The molecule has 0 bridgehead atoms. The molecule has 1 fully saturated rings. The minimum absolute atomic E-state index is 0.341. The summed E-state index contributed by atoms with van der Waals surface area (Å²) < 4.78 is 20.6. The van der Waals surface area contributed by atoms with E-state index in [2.05, 4.69) is 26.2 Å². The maximum absolute atomic E-state index is 13.6. The van der Waals surface area contributed by atoms with Crippen LogP contribution in [0.3, 0.4) is 0 Å². The molecule has 6 nitrogen and oxygen atoms in total. The van der Waals surface area contributed by atoms with Crippen LogP contribution in [0.2, 0.25) is 0 Å². The number of hydrogen-bond acceptors (Lipinski definition) is 4. The van der Waals surface area contributed by atoms with E-state index in [4.69, 9.17) is 4.74 Å². The van der Waals surface area contributed by atoms with Crippen molar-refractivity contribution in [2.45, 2.75) is 38.8 Å². The van der Waals surface area contributed by atoms with Crippen LogP contribution in [0, 0.1) is 12.7 Å². The number of carbonyl (C=O) groups excluding carboxylic acids is 1. The molecule has 1 atom stereocenters. The van der Waals surface area contributed by atoms with E-state index in [1.807, 2.05) is 13.8 Å². The van der Waals surface area contributed by atoms with Crippen molar-refractivity contribution in [3.63, 3.8) is 0 Å². The maximum atomic E-state index is 13.6. The summed E-state index contributed by atoms with van der Waals surface area (Å²) in [5, 5.41) is 8.54. The zero-order chi connectivity index (χ0) is 17.7. The average Bonchev–Trinajstić information content (AvgIpc) is 3.19. The second kappa shape index (κ2) is 8.23. The predicted molar refractivity (Wildman–Crippen MR) is 92.8 cm³/mol. The van der Waals surface area contributed by atoms with Gasteiger partial charge >= 0.3 is 6.09 Å². The molecule has 2 heterocycles. The normalized spacial score (nSPS) is 16.6. The fourth-order valence-electron chi connectivity index (χ4n) is 2.27. The highest BCUT2D eigenvalue weighted by Gasteiger charge is 2.33. The third kappa shape index (κ3) is 4.11. The molecule has 0 spiro atoms. The highest BCUT2D eigenvalue weighted by molar-refractivity contribution is 9.08. The Morgan fingerprint density at radius 3 is 2.79 bits per heavy atom. The predicted octanol–water partition coefficient (Wildman–Crippen LogP) is 3.67. The van der Waals surface area contributed by atoms with Crippen molar-refractivity contribution in [1.29, 1.82) is 0 Å². The summed E-state index contributed by atoms with van der Waals surface area (Å²) in [5.41, 5.74) is 1.84. The van der Waals surface area contributed by atoms with Gasteiger partial charge < -0.3 is 4.74 Å². The van der Waals surface area contributed by atoms with Crippen LogP contribution in [-0.4, -0.2) is 33.7 Å². The molecule has 1 saturated heterocycles. The second-order valence-corrected chi connectivity index (χ2v) is 5.68. The smallest absolute Gasteiger partial charge is 0.414 e. The molecular weight excluding hydrogens is 379 g/mol. The average molecular weight is 399 g/mol. The third-order valence-electron chi connectivity index (χ3n) is 3.45.